The molecule has 2 aromatic rings. The summed E-state index contributed by atoms with van der Waals surface area (Å²) >= 11 is 0. The molecule has 4 atom stereocenters. The summed E-state index contributed by atoms with van der Waals surface area (Å²) in [6, 6.07) is 17.1. The Bertz CT molecular complexity index is 1110. The third kappa shape index (κ3) is 3.66. The van der Waals surface area contributed by atoms with Gasteiger partial charge in [0.1, 0.15) is 6.04 Å². The summed E-state index contributed by atoms with van der Waals surface area (Å²) in [5, 5.41) is 2.38. The second-order valence-corrected chi connectivity index (χ2v) is 10.1. The average molecular weight is 444 g/mol. The molecule has 4 aliphatic heterocycles. The van der Waals surface area contributed by atoms with Crippen LogP contribution in [-0.2, 0) is 22.7 Å². The number of piperidine rings is 3. The third-order valence-corrected chi connectivity index (χ3v) is 8.16. The Hall–Kier alpha value is -2.99. The first-order valence-corrected chi connectivity index (χ1v) is 12.1. The van der Waals surface area contributed by atoms with Gasteiger partial charge < -0.3 is 4.90 Å². The van der Waals surface area contributed by atoms with Gasteiger partial charge in [-0.25, -0.2) is 0 Å². The van der Waals surface area contributed by atoms with E-state index in [4.69, 9.17) is 0 Å². The van der Waals surface area contributed by atoms with Gasteiger partial charge in [-0.2, -0.15) is 0 Å². The molecule has 1 N–H and O–H groups in total. The van der Waals surface area contributed by atoms with Gasteiger partial charge in [-0.05, 0) is 60.3 Å². The summed E-state index contributed by atoms with van der Waals surface area (Å²) < 4.78 is 0. The summed E-state index contributed by atoms with van der Waals surface area (Å²) in [7, 11) is 0. The van der Waals surface area contributed by atoms with Gasteiger partial charge in [-0.1, -0.05) is 42.5 Å². The molecule has 1 saturated carbocycles. The molecule has 5 aliphatic rings. The minimum absolute atomic E-state index is 0.0924. The monoisotopic (exact) mass is 443 g/mol. The fourth-order valence-corrected chi connectivity index (χ4v) is 6.46. The summed E-state index contributed by atoms with van der Waals surface area (Å²) in [5.41, 5.74) is 4.44. The lowest BCUT2D eigenvalue weighted by molar-refractivity contribution is -0.136. The molecule has 4 heterocycles. The van der Waals surface area contributed by atoms with Gasteiger partial charge in [0.2, 0.25) is 11.8 Å². The van der Waals surface area contributed by atoms with Crippen molar-refractivity contribution in [2.75, 3.05) is 6.54 Å². The zero-order valence-electron chi connectivity index (χ0n) is 18.7. The Morgan fingerprint density at radius 3 is 2.58 bits per heavy atom. The normalized spacial score (nSPS) is 29.3. The number of hydrogen-bond acceptors (Lipinski definition) is 4. The number of fused-ring (bicyclic) bond motifs is 4. The molecule has 6 heteroatoms. The highest BCUT2D eigenvalue weighted by molar-refractivity contribution is 6.05. The Kier molecular flexibility index (Phi) is 5.06. The van der Waals surface area contributed by atoms with Crippen molar-refractivity contribution in [1.82, 2.24) is 15.1 Å². The topological polar surface area (TPSA) is 69.7 Å². The Morgan fingerprint density at radius 2 is 1.82 bits per heavy atom. The smallest absolute Gasteiger partial charge is 0.255 e. The molecular weight excluding hydrogens is 414 g/mol. The van der Waals surface area contributed by atoms with Crippen LogP contribution in [0.2, 0.25) is 0 Å². The number of amides is 3. The second kappa shape index (κ2) is 8.10. The highest BCUT2D eigenvalue weighted by atomic mass is 16.2. The molecule has 2 unspecified atom stereocenters. The van der Waals surface area contributed by atoms with Crippen LogP contribution < -0.4 is 5.32 Å². The van der Waals surface area contributed by atoms with Crippen LogP contribution in [0.25, 0.3) is 0 Å². The molecule has 3 amide bonds. The maximum Gasteiger partial charge on any atom is 0.255 e. The number of nitrogens with zero attached hydrogens (tertiary/aromatic N) is 2. The van der Waals surface area contributed by atoms with Crippen LogP contribution in [0.1, 0.15) is 65.1 Å². The van der Waals surface area contributed by atoms with Gasteiger partial charge in [-0.3, -0.25) is 24.6 Å². The molecule has 7 rings (SSSR count). The lowest BCUT2D eigenvalue weighted by Gasteiger charge is -2.50. The SMILES string of the molecule is O=C1CCC(N2Cc3cc(C4C[C@H]5CC[C@@H]4CN5Cc4ccccc4)ccc3C2=O)C(=O)N1. The van der Waals surface area contributed by atoms with E-state index in [1.165, 1.54) is 30.4 Å². The molecule has 0 spiro atoms. The van der Waals surface area contributed by atoms with Crippen molar-refractivity contribution in [1.29, 1.82) is 0 Å². The lowest BCUT2D eigenvalue weighted by Crippen LogP contribution is -2.52. The van der Waals surface area contributed by atoms with E-state index in [0.29, 0.717) is 36.4 Å². The molecule has 3 saturated heterocycles. The fraction of sp³-hybridized carbons (Fsp3) is 0.444. The molecule has 4 fully saturated rings. The van der Waals surface area contributed by atoms with Gasteiger partial charge in [0.05, 0.1) is 0 Å². The number of imide groups is 1. The molecular formula is C27H29N3O3. The largest absolute Gasteiger partial charge is 0.322 e. The van der Waals surface area contributed by atoms with E-state index in [1.54, 1.807) is 4.90 Å². The van der Waals surface area contributed by atoms with Gasteiger partial charge in [0.25, 0.3) is 5.91 Å². The van der Waals surface area contributed by atoms with Crippen LogP contribution in [0, 0.1) is 5.92 Å². The van der Waals surface area contributed by atoms with Crippen LogP contribution in [0.3, 0.4) is 0 Å². The minimum atomic E-state index is -0.553. The number of carbonyl (C=O) groups excluding carboxylic acids is 3. The first-order valence-electron chi connectivity index (χ1n) is 12.1. The average Bonchev–Trinajstić information content (AvgIpc) is 3.15. The number of carbonyl (C=O) groups is 3. The first-order chi connectivity index (χ1) is 16.1. The van der Waals surface area contributed by atoms with Gasteiger partial charge >= 0.3 is 0 Å². The number of benzene rings is 2. The maximum absolute atomic E-state index is 13.0. The first kappa shape index (κ1) is 20.6. The second-order valence-electron chi connectivity index (χ2n) is 10.1. The third-order valence-electron chi connectivity index (χ3n) is 8.16. The van der Waals surface area contributed by atoms with E-state index in [2.05, 4.69) is 52.7 Å². The van der Waals surface area contributed by atoms with Crippen molar-refractivity contribution >= 4 is 17.7 Å². The van der Waals surface area contributed by atoms with Gasteiger partial charge in [0.15, 0.2) is 0 Å². The van der Waals surface area contributed by atoms with Crippen molar-refractivity contribution < 1.29 is 14.4 Å². The van der Waals surface area contributed by atoms with Crippen LogP contribution in [0.15, 0.2) is 48.5 Å². The molecule has 0 aromatic heterocycles. The Morgan fingerprint density at radius 1 is 0.970 bits per heavy atom. The maximum atomic E-state index is 13.0. The number of rotatable bonds is 4. The van der Waals surface area contributed by atoms with E-state index in [-0.39, 0.29) is 24.1 Å². The summed E-state index contributed by atoms with van der Waals surface area (Å²) in [5.74, 6) is 0.471. The zero-order chi connectivity index (χ0) is 22.5. The molecule has 2 bridgehead atoms. The standard InChI is InChI=1S/C27H29N3O3/c31-25-11-10-24(26(32)28-25)30-16-20-12-18(7-9-22(20)27(30)33)23-13-21-8-6-19(23)15-29(21)14-17-4-2-1-3-5-17/h1-5,7,9,12,19,21,23-24H,6,8,10-11,13-16H2,(H,28,31,32)/t19-,21-,23?,24?/m1/s1. The van der Waals surface area contributed by atoms with Crippen molar-refractivity contribution in [3.8, 4) is 0 Å². The predicted octanol–water partition coefficient (Wildman–Crippen LogP) is 3.22. The highest BCUT2D eigenvalue weighted by Gasteiger charge is 2.42. The number of hydrogen-bond donors (Lipinski definition) is 1. The van der Waals surface area contributed by atoms with E-state index >= 15 is 0 Å². The summed E-state index contributed by atoms with van der Waals surface area (Å²) in [4.78, 5) is 41.1. The van der Waals surface area contributed by atoms with Crippen LogP contribution >= 0.6 is 0 Å². The molecule has 170 valence electrons. The quantitative estimate of drug-likeness (QED) is 0.737. The van der Waals surface area contributed by atoms with E-state index in [9.17, 15) is 14.4 Å². The number of nitrogens with one attached hydrogen (secondary N) is 1. The molecule has 2 aromatic carbocycles. The molecule has 1 aliphatic carbocycles. The van der Waals surface area contributed by atoms with Gasteiger partial charge in [-0.15, -0.1) is 0 Å². The lowest BCUT2D eigenvalue weighted by atomic mass is 9.69. The van der Waals surface area contributed by atoms with E-state index in [0.717, 1.165) is 18.7 Å². The van der Waals surface area contributed by atoms with Crippen molar-refractivity contribution in [3.05, 3.63) is 70.8 Å². The van der Waals surface area contributed by atoms with Crippen molar-refractivity contribution in [2.24, 2.45) is 5.92 Å². The van der Waals surface area contributed by atoms with Crippen LogP contribution in [0.4, 0.5) is 0 Å². The molecule has 0 radical (unpaired) electrons. The zero-order valence-corrected chi connectivity index (χ0v) is 18.7. The van der Waals surface area contributed by atoms with E-state index in [1.807, 2.05) is 6.07 Å². The predicted molar refractivity (Wildman–Crippen MR) is 123 cm³/mol. The Labute approximate surface area is 193 Å². The van der Waals surface area contributed by atoms with Gasteiger partial charge in [0, 0.05) is 37.7 Å². The fourth-order valence-electron chi connectivity index (χ4n) is 6.46. The van der Waals surface area contributed by atoms with Crippen LogP contribution in [-0.4, -0.2) is 46.1 Å². The molecule has 6 nitrogen and oxygen atoms in total. The Balaban J connectivity index is 1.18. The highest BCUT2D eigenvalue weighted by Crippen LogP contribution is 2.46. The van der Waals surface area contributed by atoms with Crippen molar-refractivity contribution in [3.63, 3.8) is 0 Å². The van der Waals surface area contributed by atoms with Crippen LogP contribution in [0.5, 0.6) is 0 Å². The molecule has 33 heavy (non-hydrogen) atoms. The van der Waals surface area contributed by atoms with E-state index < -0.39 is 6.04 Å². The van der Waals surface area contributed by atoms with Crippen molar-refractivity contribution in [2.45, 2.75) is 63.2 Å². The minimum Gasteiger partial charge on any atom is -0.322 e. The summed E-state index contributed by atoms with van der Waals surface area (Å²) in [6.45, 7) is 2.60. The summed E-state index contributed by atoms with van der Waals surface area (Å²) in [6.07, 6.45) is 4.38.